The van der Waals surface area contributed by atoms with Crippen LogP contribution in [0.25, 0.3) is 0 Å². The molecule has 0 unspecified atom stereocenters. The van der Waals surface area contributed by atoms with Crippen LogP contribution in [0.15, 0.2) is 42.5 Å². The van der Waals surface area contributed by atoms with Crippen molar-refractivity contribution in [3.05, 3.63) is 53.6 Å². The van der Waals surface area contributed by atoms with Crippen LogP contribution in [0.5, 0.6) is 11.5 Å². The molecule has 2 N–H and O–H groups in total. The van der Waals surface area contributed by atoms with Crippen molar-refractivity contribution >= 4 is 11.6 Å². The summed E-state index contributed by atoms with van der Waals surface area (Å²) in [5, 5.41) is 5.98. The summed E-state index contributed by atoms with van der Waals surface area (Å²) in [6.07, 6.45) is 0. The van der Waals surface area contributed by atoms with Crippen LogP contribution in [0.4, 0.5) is 14.5 Å². The van der Waals surface area contributed by atoms with Crippen molar-refractivity contribution < 1.29 is 23.0 Å². The van der Waals surface area contributed by atoms with Gasteiger partial charge in [0.2, 0.25) is 0 Å². The van der Waals surface area contributed by atoms with Gasteiger partial charge in [0.15, 0.2) is 11.5 Å². The van der Waals surface area contributed by atoms with Crippen molar-refractivity contribution in [2.75, 3.05) is 19.0 Å². The molecule has 25 heavy (non-hydrogen) atoms. The van der Waals surface area contributed by atoms with Crippen LogP contribution in [-0.4, -0.2) is 26.2 Å². The average molecular weight is 350 g/mol. The molecule has 0 aliphatic carbocycles. The Morgan fingerprint density at radius 2 is 1.92 bits per heavy atom. The summed E-state index contributed by atoms with van der Waals surface area (Å²) in [6.45, 7) is 0.390. The average Bonchev–Trinajstić information content (AvgIpc) is 2.60. The van der Waals surface area contributed by atoms with E-state index in [2.05, 4.69) is 15.4 Å². The Bertz CT molecular complexity index is 723. The van der Waals surface area contributed by atoms with E-state index in [1.54, 1.807) is 6.07 Å². The molecule has 2 rings (SSSR count). The summed E-state index contributed by atoms with van der Waals surface area (Å²) in [7, 11) is 1.34. The number of rotatable bonds is 8. The van der Waals surface area contributed by atoms with E-state index in [1.165, 1.54) is 25.3 Å². The zero-order chi connectivity index (χ0) is 18.2. The van der Waals surface area contributed by atoms with Crippen LogP contribution in [0.1, 0.15) is 22.8 Å². The van der Waals surface area contributed by atoms with Gasteiger partial charge in [0.1, 0.15) is 0 Å². The van der Waals surface area contributed by atoms with E-state index in [1.807, 2.05) is 25.1 Å². The number of ether oxygens (including phenoxy) is 2. The fourth-order valence-electron chi connectivity index (χ4n) is 2.26. The lowest BCUT2D eigenvalue weighted by Crippen LogP contribution is -2.17. The fraction of sp³-hybridized carbons (Fsp3) is 0.278. The predicted molar refractivity (Wildman–Crippen MR) is 91.4 cm³/mol. The number of nitrogens with one attached hydrogen (secondary N) is 2. The molecular formula is C18H20F2N2O3. The van der Waals surface area contributed by atoms with E-state index in [0.717, 1.165) is 12.1 Å². The number of benzene rings is 2. The van der Waals surface area contributed by atoms with E-state index >= 15 is 0 Å². The lowest BCUT2D eigenvalue weighted by molar-refractivity contribution is -0.0512. The number of hydrogen-bond donors (Lipinski definition) is 2. The van der Waals surface area contributed by atoms with E-state index in [4.69, 9.17) is 4.74 Å². The van der Waals surface area contributed by atoms with Gasteiger partial charge in [0, 0.05) is 17.8 Å². The molecule has 0 atom stereocenters. The first-order valence-electron chi connectivity index (χ1n) is 7.78. The zero-order valence-electron chi connectivity index (χ0n) is 14.0. The van der Waals surface area contributed by atoms with Gasteiger partial charge in [-0.15, -0.1) is 0 Å². The molecule has 0 bridgehead atoms. The lowest BCUT2D eigenvalue weighted by Gasteiger charge is -2.13. The zero-order valence-corrected chi connectivity index (χ0v) is 14.0. The van der Waals surface area contributed by atoms with Crippen molar-refractivity contribution in [3.8, 4) is 11.5 Å². The number of carbonyl (C=O) groups excluding carboxylic acids is 1. The first-order valence-corrected chi connectivity index (χ1v) is 7.78. The molecule has 0 saturated heterocycles. The maximum atomic E-state index is 12.5. The quantitative estimate of drug-likeness (QED) is 0.763. The Kier molecular flexibility index (Phi) is 6.71. The van der Waals surface area contributed by atoms with Gasteiger partial charge in [-0.05, 0) is 36.4 Å². The molecule has 2 aromatic carbocycles. The van der Waals surface area contributed by atoms with Gasteiger partial charge in [0.25, 0.3) is 5.91 Å². The largest absolute Gasteiger partial charge is 0.493 e. The van der Waals surface area contributed by atoms with Crippen molar-refractivity contribution in [2.45, 2.75) is 20.1 Å². The summed E-state index contributed by atoms with van der Waals surface area (Å²) < 4.78 is 34.4. The molecule has 1 amide bonds. The molecule has 0 heterocycles. The first kappa shape index (κ1) is 18.7. The molecule has 0 aliphatic rings. The second kappa shape index (κ2) is 8.98. The molecule has 2 aromatic rings. The second-order valence-corrected chi connectivity index (χ2v) is 5.14. The number of hydrogen-bond acceptors (Lipinski definition) is 4. The molecule has 0 saturated carbocycles. The number of halogens is 2. The number of amides is 1. The minimum absolute atomic E-state index is 0.129. The molecule has 5 nitrogen and oxygen atoms in total. The standard InChI is InChI=1S/C18H20F2N2O3/c1-3-21-11-13-6-4-5-7-14(13)22-17(23)12-8-9-15(24-2)16(10-12)25-18(19)20/h4-10,18,21H,3,11H2,1-2H3,(H,22,23). The summed E-state index contributed by atoms with van der Waals surface area (Å²) in [4.78, 5) is 12.5. The Morgan fingerprint density at radius 3 is 2.60 bits per heavy atom. The van der Waals surface area contributed by atoms with Gasteiger partial charge < -0.3 is 20.1 Å². The Hall–Kier alpha value is -2.67. The Labute approximate surface area is 144 Å². The smallest absolute Gasteiger partial charge is 0.387 e. The van der Waals surface area contributed by atoms with Crippen molar-refractivity contribution in [3.63, 3.8) is 0 Å². The molecule has 0 fully saturated rings. The maximum absolute atomic E-state index is 12.5. The normalized spacial score (nSPS) is 10.6. The SMILES string of the molecule is CCNCc1ccccc1NC(=O)c1ccc(OC)c(OC(F)F)c1. The number of para-hydroxylation sites is 1. The van der Waals surface area contributed by atoms with Crippen molar-refractivity contribution in [2.24, 2.45) is 0 Å². The molecule has 0 aromatic heterocycles. The molecule has 0 spiro atoms. The Morgan fingerprint density at radius 1 is 1.16 bits per heavy atom. The number of methoxy groups -OCH3 is 1. The highest BCUT2D eigenvalue weighted by Crippen LogP contribution is 2.30. The van der Waals surface area contributed by atoms with Gasteiger partial charge >= 0.3 is 6.61 Å². The van der Waals surface area contributed by atoms with E-state index in [9.17, 15) is 13.6 Å². The predicted octanol–water partition coefficient (Wildman–Crippen LogP) is 3.66. The minimum atomic E-state index is -3.01. The molecular weight excluding hydrogens is 330 g/mol. The van der Waals surface area contributed by atoms with E-state index in [0.29, 0.717) is 12.2 Å². The van der Waals surface area contributed by atoms with E-state index in [-0.39, 0.29) is 17.1 Å². The lowest BCUT2D eigenvalue weighted by atomic mass is 10.1. The van der Waals surface area contributed by atoms with Crippen molar-refractivity contribution in [1.82, 2.24) is 5.32 Å². The third kappa shape index (κ3) is 5.15. The highest BCUT2D eigenvalue weighted by molar-refractivity contribution is 6.05. The fourth-order valence-corrected chi connectivity index (χ4v) is 2.26. The monoisotopic (exact) mass is 350 g/mol. The highest BCUT2D eigenvalue weighted by Gasteiger charge is 2.15. The van der Waals surface area contributed by atoms with Crippen LogP contribution in [-0.2, 0) is 6.54 Å². The van der Waals surface area contributed by atoms with Crippen LogP contribution >= 0.6 is 0 Å². The summed E-state index contributed by atoms with van der Waals surface area (Å²) in [5.41, 5.74) is 1.77. The van der Waals surface area contributed by atoms with Gasteiger partial charge in [0.05, 0.1) is 7.11 Å². The van der Waals surface area contributed by atoms with Gasteiger partial charge in [-0.25, -0.2) is 0 Å². The summed E-state index contributed by atoms with van der Waals surface area (Å²) >= 11 is 0. The molecule has 134 valence electrons. The molecule has 0 aliphatic heterocycles. The van der Waals surface area contributed by atoms with Gasteiger partial charge in [-0.2, -0.15) is 8.78 Å². The van der Waals surface area contributed by atoms with Crippen LogP contribution in [0, 0.1) is 0 Å². The van der Waals surface area contributed by atoms with E-state index < -0.39 is 12.5 Å². The maximum Gasteiger partial charge on any atom is 0.387 e. The number of carbonyl (C=O) groups is 1. The number of anilines is 1. The third-order valence-corrected chi connectivity index (χ3v) is 3.47. The topological polar surface area (TPSA) is 59.6 Å². The van der Waals surface area contributed by atoms with Crippen LogP contribution in [0.2, 0.25) is 0 Å². The van der Waals surface area contributed by atoms with Gasteiger partial charge in [-0.1, -0.05) is 25.1 Å². The van der Waals surface area contributed by atoms with Crippen molar-refractivity contribution in [1.29, 1.82) is 0 Å². The highest BCUT2D eigenvalue weighted by atomic mass is 19.3. The third-order valence-electron chi connectivity index (χ3n) is 3.47. The second-order valence-electron chi connectivity index (χ2n) is 5.14. The minimum Gasteiger partial charge on any atom is -0.493 e. The number of alkyl halides is 2. The van der Waals surface area contributed by atoms with Crippen LogP contribution < -0.4 is 20.1 Å². The molecule has 7 heteroatoms. The molecule has 0 radical (unpaired) electrons. The summed E-state index contributed by atoms with van der Waals surface area (Å²) in [5.74, 6) is -0.485. The first-order chi connectivity index (χ1) is 12.0. The van der Waals surface area contributed by atoms with Gasteiger partial charge in [-0.3, -0.25) is 4.79 Å². The Balaban J connectivity index is 2.21. The summed E-state index contributed by atoms with van der Waals surface area (Å²) in [6, 6.07) is 11.5. The van der Waals surface area contributed by atoms with Crippen LogP contribution in [0.3, 0.4) is 0 Å².